The van der Waals surface area contributed by atoms with Gasteiger partial charge in [0.15, 0.2) is 0 Å². The van der Waals surface area contributed by atoms with Gasteiger partial charge in [0.1, 0.15) is 5.69 Å². The van der Waals surface area contributed by atoms with E-state index in [4.69, 9.17) is 23.2 Å². The summed E-state index contributed by atoms with van der Waals surface area (Å²) in [7, 11) is 0. The Balaban J connectivity index is 1.49. The van der Waals surface area contributed by atoms with E-state index in [2.05, 4.69) is 36.5 Å². The second kappa shape index (κ2) is 8.86. The number of hydrogen-bond donors (Lipinski definition) is 2. The molecule has 9 heteroatoms. The van der Waals surface area contributed by atoms with Gasteiger partial charge in [0.25, 0.3) is 5.91 Å². The lowest BCUT2D eigenvalue weighted by Crippen LogP contribution is -2.13. The van der Waals surface area contributed by atoms with Gasteiger partial charge in [0.2, 0.25) is 0 Å². The molecule has 0 spiro atoms. The molecule has 4 aromatic rings. The fourth-order valence-corrected chi connectivity index (χ4v) is 3.77. The topological polar surface area (TPSA) is 75.6 Å². The first-order valence-corrected chi connectivity index (χ1v) is 11.0. The van der Waals surface area contributed by atoms with Gasteiger partial charge in [-0.15, -0.1) is 0 Å². The molecule has 6 nitrogen and oxygen atoms in total. The first-order chi connectivity index (χ1) is 14.8. The zero-order chi connectivity index (χ0) is 22.1. The fraction of sp³-hybridized carbons (Fsp3) is 0.136. The molecule has 0 aliphatic rings. The van der Waals surface area contributed by atoms with Crippen LogP contribution in [0.25, 0.3) is 11.3 Å². The number of halogens is 3. The van der Waals surface area contributed by atoms with Crippen LogP contribution < -0.4 is 5.32 Å². The molecule has 0 aliphatic heterocycles. The second-order valence-corrected chi connectivity index (χ2v) is 8.70. The molecule has 0 bridgehead atoms. The predicted molar refractivity (Wildman–Crippen MR) is 127 cm³/mol. The second-order valence-electron chi connectivity index (χ2n) is 7.09. The average Bonchev–Trinajstić information content (AvgIpc) is 3.32. The van der Waals surface area contributed by atoms with Crippen LogP contribution in [-0.4, -0.2) is 25.9 Å². The van der Waals surface area contributed by atoms with E-state index in [0.29, 0.717) is 33.7 Å². The number of hydrogen-bond acceptors (Lipinski definition) is 3. The van der Waals surface area contributed by atoms with Crippen LogP contribution in [0.3, 0.4) is 0 Å². The molecular weight excluding hydrogens is 501 g/mol. The Kier molecular flexibility index (Phi) is 6.18. The maximum Gasteiger partial charge on any atom is 0.273 e. The number of anilines is 1. The van der Waals surface area contributed by atoms with Gasteiger partial charge in [-0.3, -0.25) is 14.6 Å². The van der Waals surface area contributed by atoms with Crippen LogP contribution in [0.1, 0.15) is 27.4 Å². The van der Waals surface area contributed by atoms with E-state index in [9.17, 15) is 4.79 Å². The van der Waals surface area contributed by atoms with Gasteiger partial charge >= 0.3 is 0 Å². The van der Waals surface area contributed by atoms with Crippen LogP contribution in [0.5, 0.6) is 0 Å². The predicted octanol–water partition coefficient (Wildman–Crippen LogP) is 6.26. The molecule has 0 radical (unpaired) electrons. The van der Waals surface area contributed by atoms with E-state index >= 15 is 0 Å². The molecular formula is C22H18BrCl2N5O. The first-order valence-electron chi connectivity index (χ1n) is 9.42. The summed E-state index contributed by atoms with van der Waals surface area (Å²) in [4.78, 5) is 12.7. The Hall–Kier alpha value is -2.61. The standard InChI is InChI=1S/C22H18BrCl2N5O/c1-12-21(23)13(2)30(29-12)11-14-4-3-5-16(8-14)26-22(31)20-10-19(27-28-20)15-6-7-17(24)18(25)9-15/h3-10H,11H2,1-2H3,(H,26,31)(H,27,28). The van der Waals surface area contributed by atoms with Crippen molar-refractivity contribution in [3.05, 3.63) is 85.7 Å². The van der Waals surface area contributed by atoms with E-state index < -0.39 is 0 Å². The smallest absolute Gasteiger partial charge is 0.273 e. The number of nitrogens with one attached hydrogen (secondary N) is 2. The zero-order valence-corrected chi connectivity index (χ0v) is 19.8. The van der Waals surface area contributed by atoms with Crippen LogP contribution in [0.2, 0.25) is 10.0 Å². The van der Waals surface area contributed by atoms with E-state index in [1.807, 2.05) is 42.8 Å². The number of aromatic amines is 1. The Bertz CT molecular complexity index is 1280. The van der Waals surface area contributed by atoms with Crippen molar-refractivity contribution in [1.82, 2.24) is 20.0 Å². The number of nitrogens with zero attached hydrogens (tertiary/aromatic N) is 3. The van der Waals surface area contributed by atoms with Crippen molar-refractivity contribution in [2.75, 3.05) is 5.32 Å². The molecule has 2 aromatic heterocycles. The molecule has 158 valence electrons. The van der Waals surface area contributed by atoms with Crippen LogP contribution in [-0.2, 0) is 6.54 Å². The minimum atomic E-state index is -0.287. The van der Waals surface area contributed by atoms with Gasteiger partial charge in [-0.2, -0.15) is 10.2 Å². The minimum absolute atomic E-state index is 0.287. The lowest BCUT2D eigenvalue weighted by atomic mass is 10.1. The fourth-order valence-electron chi connectivity index (χ4n) is 3.19. The minimum Gasteiger partial charge on any atom is -0.321 e. The molecule has 2 heterocycles. The van der Waals surface area contributed by atoms with Crippen molar-refractivity contribution in [2.45, 2.75) is 20.4 Å². The highest BCUT2D eigenvalue weighted by molar-refractivity contribution is 9.10. The normalized spacial score (nSPS) is 11.0. The lowest BCUT2D eigenvalue weighted by Gasteiger charge is -2.08. The molecule has 0 aliphatic carbocycles. The van der Waals surface area contributed by atoms with E-state index in [1.165, 1.54) is 0 Å². The van der Waals surface area contributed by atoms with Crippen LogP contribution in [0.15, 0.2) is 53.0 Å². The molecule has 1 amide bonds. The van der Waals surface area contributed by atoms with Crippen molar-refractivity contribution >= 4 is 50.7 Å². The van der Waals surface area contributed by atoms with Gasteiger partial charge < -0.3 is 5.32 Å². The molecule has 0 atom stereocenters. The summed E-state index contributed by atoms with van der Waals surface area (Å²) in [6, 6.07) is 14.5. The monoisotopic (exact) mass is 517 g/mol. The van der Waals surface area contributed by atoms with Crippen molar-refractivity contribution in [1.29, 1.82) is 0 Å². The number of aryl methyl sites for hydroxylation is 1. The molecule has 4 rings (SSSR count). The third kappa shape index (κ3) is 4.69. The van der Waals surface area contributed by atoms with Gasteiger partial charge in [0, 0.05) is 11.3 Å². The van der Waals surface area contributed by atoms with Crippen molar-refractivity contribution in [3.8, 4) is 11.3 Å². The van der Waals surface area contributed by atoms with Crippen molar-refractivity contribution in [3.63, 3.8) is 0 Å². The summed E-state index contributed by atoms with van der Waals surface area (Å²) in [5, 5.41) is 15.3. The van der Waals surface area contributed by atoms with Crippen molar-refractivity contribution < 1.29 is 4.79 Å². The van der Waals surface area contributed by atoms with Crippen LogP contribution >= 0.6 is 39.1 Å². The highest BCUT2D eigenvalue weighted by atomic mass is 79.9. The number of benzene rings is 2. The largest absolute Gasteiger partial charge is 0.321 e. The number of rotatable bonds is 5. The maximum absolute atomic E-state index is 12.7. The highest BCUT2D eigenvalue weighted by Crippen LogP contribution is 2.28. The van der Waals surface area contributed by atoms with Crippen LogP contribution in [0.4, 0.5) is 5.69 Å². The summed E-state index contributed by atoms with van der Waals surface area (Å²) in [6.07, 6.45) is 0. The summed E-state index contributed by atoms with van der Waals surface area (Å²) in [5.41, 5.74) is 5.42. The van der Waals surface area contributed by atoms with E-state index in [1.54, 1.807) is 24.3 Å². The third-order valence-corrected chi connectivity index (χ3v) is 6.73. The Morgan fingerprint density at radius 3 is 2.65 bits per heavy atom. The quantitative estimate of drug-likeness (QED) is 0.327. The lowest BCUT2D eigenvalue weighted by molar-refractivity contribution is 0.102. The average molecular weight is 519 g/mol. The molecule has 31 heavy (non-hydrogen) atoms. The Labute approximate surface area is 197 Å². The third-order valence-electron chi connectivity index (χ3n) is 4.85. The summed E-state index contributed by atoms with van der Waals surface area (Å²) in [5.74, 6) is -0.287. The molecule has 0 saturated heterocycles. The summed E-state index contributed by atoms with van der Waals surface area (Å²) >= 11 is 15.6. The van der Waals surface area contributed by atoms with E-state index in [-0.39, 0.29) is 5.91 Å². The molecule has 0 unspecified atom stereocenters. The molecule has 0 fully saturated rings. The number of amides is 1. The van der Waals surface area contributed by atoms with Gasteiger partial charge in [-0.05, 0) is 65.7 Å². The number of H-pyrrole nitrogens is 1. The summed E-state index contributed by atoms with van der Waals surface area (Å²) in [6.45, 7) is 4.58. The van der Waals surface area contributed by atoms with Crippen LogP contribution in [0, 0.1) is 13.8 Å². The molecule has 2 N–H and O–H groups in total. The van der Waals surface area contributed by atoms with Gasteiger partial charge in [-0.1, -0.05) is 41.4 Å². The van der Waals surface area contributed by atoms with Gasteiger partial charge in [0.05, 0.1) is 38.1 Å². The van der Waals surface area contributed by atoms with E-state index in [0.717, 1.165) is 27.0 Å². The number of aromatic nitrogens is 4. The maximum atomic E-state index is 12.7. The van der Waals surface area contributed by atoms with Gasteiger partial charge in [-0.25, -0.2) is 0 Å². The molecule has 0 saturated carbocycles. The van der Waals surface area contributed by atoms with Crippen molar-refractivity contribution in [2.24, 2.45) is 0 Å². The number of carbonyl (C=O) groups excluding carboxylic acids is 1. The molecule has 2 aromatic carbocycles. The highest BCUT2D eigenvalue weighted by Gasteiger charge is 2.13. The summed E-state index contributed by atoms with van der Waals surface area (Å²) < 4.78 is 2.94. The Morgan fingerprint density at radius 2 is 1.94 bits per heavy atom. The first kappa shape index (κ1) is 21.6. The SMILES string of the molecule is Cc1nn(Cc2cccc(NC(=O)c3cc(-c4ccc(Cl)c(Cl)c4)n[nH]3)c2)c(C)c1Br. The number of carbonyl (C=O) groups is 1. The Morgan fingerprint density at radius 1 is 1.13 bits per heavy atom. The zero-order valence-electron chi connectivity index (χ0n) is 16.7.